The molecule has 0 radical (unpaired) electrons. The van der Waals surface area contributed by atoms with Crippen LogP contribution in [0.15, 0.2) is 102 Å². The van der Waals surface area contributed by atoms with Crippen molar-refractivity contribution < 1.29 is 4.53 Å². The van der Waals surface area contributed by atoms with Crippen molar-refractivity contribution in [3.8, 4) is 0 Å². The quantitative estimate of drug-likeness (QED) is 0.221. The van der Waals surface area contributed by atoms with Gasteiger partial charge in [-0.25, -0.2) is 0 Å². The molecule has 0 aliphatic carbocycles. The monoisotopic (exact) mass is 384 g/mol. The van der Waals surface area contributed by atoms with Gasteiger partial charge in [0.05, 0.1) is 12.4 Å². The topological polar surface area (TPSA) is 52.3 Å². The van der Waals surface area contributed by atoms with Crippen molar-refractivity contribution in [2.24, 2.45) is 12.2 Å². The van der Waals surface area contributed by atoms with E-state index >= 15 is 0 Å². The minimum Gasteiger partial charge on any atom is -0.438 e. The first-order valence-corrected chi connectivity index (χ1v) is 10.9. The molecule has 4 rings (SSSR count). The lowest BCUT2D eigenvalue weighted by molar-refractivity contribution is 0.351. The fourth-order valence-electron chi connectivity index (χ4n) is 3.26. The molecule has 1 aromatic heterocycles. The van der Waals surface area contributed by atoms with Gasteiger partial charge in [-0.15, -0.1) is 10.3 Å². The summed E-state index contributed by atoms with van der Waals surface area (Å²) < 4.78 is 8.07. The van der Waals surface area contributed by atoms with Crippen molar-refractivity contribution in [3.63, 3.8) is 0 Å². The van der Waals surface area contributed by atoms with Crippen molar-refractivity contribution in [3.05, 3.63) is 103 Å². The molecule has 6 heteroatoms. The van der Waals surface area contributed by atoms with E-state index in [-0.39, 0.29) is 0 Å². The van der Waals surface area contributed by atoms with E-state index in [4.69, 9.17) is 4.53 Å². The highest BCUT2D eigenvalue weighted by atomic mass is 28.4. The summed E-state index contributed by atoms with van der Waals surface area (Å²) in [6, 6.07) is 31.0. The van der Waals surface area contributed by atoms with Gasteiger partial charge in [-0.2, -0.15) is 0 Å². The van der Waals surface area contributed by atoms with Crippen molar-refractivity contribution in [2.45, 2.75) is 0 Å². The van der Waals surface area contributed by atoms with Gasteiger partial charge in [0.1, 0.15) is 5.69 Å². The third kappa shape index (κ3) is 3.50. The predicted molar refractivity (Wildman–Crippen MR) is 114 cm³/mol. The molecular weight excluding hydrogens is 364 g/mol. The summed E-state index contributed by atoms with van der Waals surface area (Å²) >= 11 is 0. The Labute approximate surface area is 165 Å². The molecule has 4 aromatic rings. The second-order valence-corrected chi connectivity index (χ2v) is 9.70. The number of hydrogen-bond donors (Lipinski definition) is 0. The van der Waals surface area contributed by atoms with Crippen molar-refractivity contribution in [1.82, 2.24) is 15.0 Å². The van der Waals surface area contributed by atoms with Crippen molar-refractivity contribution in [1.29, 1.82) is 0 Å². The van der Waals surface area contributed by atoms with Crippen LogP contribution in [0, 0.1) is 0 Å². The van der Waals surface area contributed by atoms with Crippen LogP contribution in [0.2, 0.25) is 0 Å². The van der Waals surface area contributed by atoms with E-state index < -0.39 is 8.32 Å². The molecule has 0 spiro atoms. The molecule has 0 amide bonds. The van der Waals surface area contributed by atoms with Gasteiger partial charge in [0.2, 0.25) is 0 Å². The highest BCUT2D eigenvalue weighted by Gasteiger charge is 2.44. The van der Waals surface area contributed by atoms with Crippen LogP contribution in [0.3, 0.4) is 0 Å². The SMILES string of the molecule is Cn1cc(C=NO[Si](c2ccccc2)(c2ccccc2)c2ccccc2)nn1. The smallest absolute Gasteiger partial charge is 0.380 e. The zero-order valence-corrected chi connectivity index (χ0v) is 16.5. The number of hydrogen-bond acceptors (Lipinski definition) is 4. The Hall–Kier alpha value is -3.51. The van der Waals surface area contributed by atoms with E-state index in [0.717, 1.165) is 15.6 Å². The zero-order valence-electron chi connectivity index (χ0n) is 15.5. The first kappa shape index (κ1) is 17.9. The minimum atomic E-state index is -2.82. The van der Waals surface area contributed by atoms with Crippen LogP contribution in [-0.4, -0.2) is 29.5 Å². The molecule has 0 saturated carbocycles. The number of aromatic nitrogens is 3. The van der Waals surface area contributed by atoms with Gasteiger partial charge in [0.25, 0.3) is 0 Å². The van der Waals surface area contributed by atoms with Gasteiger partial charge in [-0.1, -0.05) is 96.2 Å². The highest BCUT2D eigenvalue weighted by molar-refractivity contribution is 7.07. The van der Waals surface area contributed by atoms with Crippen molar-refractivity contribution in [2.75, 3.05) is 0 Å². The molecule has 28 heavy (non-hydrogen) atoms. The lowest BCUT2D eigenvalue weighted by Gasteiger charge is -2.29. The molecule has 0 aliphatic rings. The highest BCUT2D eigenvalue weighted by Crippen LogP contribution is 2.10. The number of aryl methyl sites for hydroxylation is 1. The van der Waals surface area contributed by atoms with Crippen LogP contribution in [0.5, 0.6) is 0 Å². The molecule has 138 valence electrons. The van der Waals surface area contributed by atoms with E-state index in [1.807, 2.05) is 61.6 Å². The number of benzene rings is 3. The van der Waals surface area contributed by atoms with Gasteiger partial charge in [0, 0.05) is 7.05 Å². The van der Waals surface area contributed by atoms with E-state index in [1.165, 1.54) is 0 Å². The predicted octanol–water partition coefficient (Wildman–Crippen LogP) is 1.83. The molecule has 0 atom stereocenters. The molecule has 5 nitrogen and oxygen atoms in total. The second kappa shape index (κ2) is 8.02. The number of rotatable bonds is 6. The summed E-state index contributed by atoms with van der Waals surface area (Å²) in [5.74, 6) is 0. The summed E-state index contributed by atoms with van der Waals surface area (Å²) in [5, 5.41) is 15.8. The maximum atomic E-state index is 6.43. The Morgan fingerprint density at radius 2 is 1.25 bits per heavy atom. The number of nitrogens with zero attached hydrogens (tertiary/aromatic N) is 4. The van der Waals surface area contributed by atoms with Gasteiger partial charge in [0.15, 0.2) is 0 Å². The third-order valence-corrected chi connectivity index (χ3v) is 8.35. The average molecular weight is 385 g/mol. The average Bonchev–Trinajstić information content (AvgIpc) is 3.18. The summed E-state index contributed by atoms with van der Waals surface area (Å²) in [5.41, 5.74) is 0.652. The van der Waals surface area contributed by atoms with E-state index in [1.54, 1.807) is 17.1 Å². The first-order valence-electron chi connectivity index (χ1n) is 9.03. The van der Waals surface area contributed by atoms with Gasteiger partial charge in [-0.05, 0) is 15.6 Å². The standard InChI is InChI=1S/C22H20N4OSi/c1-26-18-19(24-25-26)17-23-27-28(20-11-5-2-6-12-20,21-13-7-3-8-14-21)22-15-9-4-10-16-22/h2-18H,1H3. The summed E-state index contributed by atoms with van der Waals surface area (Å²) in [6.45, 7) is 0. The maximum Gasteiger partial charge on any atom is 0.380 e. The largest absolute Gasteiger partial charge is 0.438 e. The molecule has 0 saturated heterocycles. The minimum absolute atomic E-state index is 0.652. The summed E-state index contributed by atoms with van der Waals surface area (Å²) in [7, 11) is -1.00. The number of oxime groups is 1. The molecule has 0 aliphatic heterocycles. The Morgan fingerprint density at radius 3 is 1.64 bits per heavy atom. The normalized spacial score (nSPS) is 11.6. The van der Waals surface area contributed by atoms with Crippen LogP contribution in [0.25, 0.3) is 0 Å². The Bertz CT molecular complexity index is 953. The molecule has 0 N–H and O–H groups in total. The van der Waals surface area contributed by atoms with Gasteiger partial charge >= 0.3 is 8.32 Å². The fourth-order valence-corrected chi connectivity index (χ4v) is 6.77. The molecule has 0 bridgehead atoms. The van der Waals surface area contributed by atoms with Crippen molar-refractivity contribution >= 4 is 30.1 Å². The van der Waals surface area contributed by atoms with Gasteiger partial charge < -0.3 is 4.53 Å². The third-order valence-electron chi connectivity index (χ3n) is 4.54. The second-order valence-electron chi connectivity index (χ2n) is 6.42. The molecule has 3 aromatic carbocycles. The maximum absolute atomic E-state index is 6.43. The molecular formula is C22H20N4OSi. The molecule has 0 fully saturated rings. The lowest BCUT2D eigenvalue weighted by atomic mass is 10.3. The van der Waals surface area contributed by atoms with E-state index in [0.29, 0.717) is 5.69 Å². The first-order chi connectivity index (χ1) is 13.8. The molecule has 0 unspecified atom stereocenters. The van der Waals surface area contributed by atoms with Crippen LogP contribution in [0.1, 0.15) is 5.69 Å². The van der Waals surface area contributed by atoms with E-state index in [9.17, 15) is 0 Å². The van der Waals surface area contributed by atoms with E-state index in [2.05, 4.69) is 51.9 Å². The van der Waals surface area contributed by atoms with Crippen LogP contribution >= 0.6 is 0 Å². The zero-order chi connectivity index (χ0) is 19.2. The summed E-state index contributed by atoms with van der Waals surface area (Å²) in [4.78, 5) is 0. The lowest BCUT2D eigenvalue weighted by Crippen LogP contribution is -2.68. The Balaban J connectivity index is 1.86. The van der Waals surface area contributed by atoms with Crippen LogP contribution in [-0.2, 0) is 11.6 Å². The van der Waals surface area contributed by atoms with Gasteiger partial charge in [-0.3, -0.25) is 4.68 Å². The van der Waals surface area contributed by atoms with Crippen LogP contribution in [0.4, 0.5) is 0 Å². The Kier molecular flexibility index (Phi) is 5.12. The Morgan fingerprint density at radius 1 is 0.786 bits per heavy atom. The molecule has 1 heterocycles. The summed E-state index contributed by atoms with van der Waals surface area (Å²) in [6.07, 6.45) is 3.41. The fraction of sp³-hybridized carbons (Fsp3) is 0.0455. The van der Waals surface area contributed by atoms with Crippen LogP contribution < -0.4 is 15.6 Å².